The van der Waals surface area contributed by atoms with Gasteiger partial charge in [-0.25, -0.2) is 0 Å². The molecule has 4 nitrogen and oxygen atoms in total. The number of methoxy groups -OCH3 is 1. The monoisotopic (exact) mass is 217 g/mol. The molecule has 16 heavy (non-hydrogen) atoms. The maximum atomic E-state index is 5.22. The molecule has 0 spiro atoms. The van der Waals surface area contributed by atoms with Crippen LogP contribution in [0.3, 0.4) is 0 Å². The van der Waals surface area contributed by atoms with Crippen molar-refractivity contribution in [3.8, 4) is 5.75 Å². The van der Waals surface area contributed by atoms with E-state index < -0.39 is 0 Å². The van der Waals surface area contributed by atoms with Crippen molar-refractivity contribution in [2.24, 2.45) is 0 Å². The molecular formula is C12H15N3O. The van der Waals surface area contributed by atoms with Crippen LogP contribution in [0.5, 0.6) is 5.75 Å². The molecule has 0 unspecified atom stereocenters. The van der Waals surface area contributed by atoms with Crippen LogP contribution in [0, 0.1) is 13.8 Å². The van der Waals surface area contributed by atoms with E-state index in [9.17, 15) is 0 Å². The molecule has 0 aliphatic rings. The van der Waals surface area contributed by atoms with E-state index in [-0.39, 0.29) is 0 Å². The van der Waals surface area contributed by atoms with Crippen molar-refractivity contribution >= 4 is 0 Å². The number of pyridine rings is 1. The zero-order chi connectivity index (χ0) is 11.5. The Morgan fingerprint density at radius 3 is 2.75 bits per heavy atom. The van der Waals surface area contributed by atoms with Gasteiger partial charge in [-0.3, -0.25) is 9.67 Å². The van der Waals surface area contributed by atoms with Crippen molar-refractivity contribution in [1.82, 2.24) is 14.8 Å². The number of ether oxygens (including phenoxy) is 1. The molecule has 0 fully saturated rings. The maximum Gasteiger partial charge on any atom is 0.122 e. The molecule has 4 heteroatoms. The Morgan fingerprint density at radius 1 is 1.31 bits per heavy atom. The quantitative estimate of drug-likeness (QED) is 0.789. The first-order chi connectivity index (χ1) is 7.69. The minimum Gasteiger partial charge on any atom is -0.497 e. The number of aromatic nitrogens is 3. The van der Waals surface area contributed by atoms with E-state index in [1.165, 1.54) is 0 Å². The minimum atomic E-state index is 0.677. The summed E-state index contributed by atoms with van der Waals surface area (Å²) < 4.78 is 7.13. The molecule has 0 saturated carbocycles. The predicted molar refractivity (Wildman–Crippen MR) is 61.6 cm³/mol. The Morgan fingerprint density at radius 2 is 2.12 bits per heavy atom. The molecule has 0 atom stereocenters. The molecule has 2 rings (SSSR count). The third kappa shape index (κ3) is 2.21. The number of hydrogen-bond acceptors (Lipinski definition) is 3. The van der Waals surface area contributed by atoms with Gasteiger partial charge in [0.15, 0.2) is 0 Å². The van der Waals surface area contributed by atoms with Gasteiger partial charge >= 0.3 is 0 Å². The van der Waals surface area contributed by atoms with Gasteiger partial charge in [0.25, 0.3) is 0 Å². The van der Waals surface area contributed by atoms with E-state index >= 15 is 0 Å². The first-order valence-electron chi connectivity index (χ1n) is 5.19. The van der Waals surface area contributed by atoms with Crippen molar-refractivity contribution in [3.05, 3.63) is 41.5 Å². The van der Waals surface area contributed by atoms with Crippen LogP contribution in [0.2, 0.25) is 0 Å². The second-order valence-electron chi connectivity index (χ2n) is 3.77. The predicted octanol–water partition coefficient (Wildman–Crippen LogP) is 1.95. The first-order valence-corrected chi connectivity index (χ1v) is 5.19. The van der Waals surface area contributed by atoms with E-state index in [1.807, 2.05) is 36.7 Å². The highest BCUT2D eigenvalue weighted by molar-refractivity contribution is 5.26. The Kier molecular flexibility index (Phi) is 2.90. The van der Waals surface area contributed by atoms with Gasteiger partial charge in [0.1, 0.15) is 5.75 Å². The van der Waals surface area contributed by atoms with Gasteiger partial charge in [-0.2, -0.15) is 5.10 Å². The number of rotatable bonds is 3. The molecule has 0 bridgehead atoms. The van der Waals surface area contributed by atoms with E-state index in [1.54, 1.807) is 13.3 Å². The Bertz CT molecular complexity index is 491. The van der Waals surface area contributed by atoms with E-state index in [2.05, 4.69) is 10.1 Å². The topological polar surface area (TPSA) is 39.9 Å². The summed E-state index contributed by atoms with van der Waals surface area (Å²) in [5.74, 6) is 0.840. The minimum absolute atomic E-state index is 0.677. The lowest BCUT2D eigenvalue weighted by Gasteiger charge is -2.07. The van der Waals surface area contributed by atoms with Gasteiger partial charge in [-0.1, -0.05) is 0 Å². The van der Waals surface area contributed by atoms with Crippen molar-refractivity contribution in [2.45, 2.75) is 20.4 Å². The Balaban J connectivity index is 2.28. The van der Waals surface area contributed by atoms with Crippen molar-refractivity contribution in [1.29, 1.82) is 0 Å². The molecule has 0 aliphatic carbocycles. The SMILES string of the molecule is COc1cc(C)nc(Cn2nccc2C)c1. The summed E-state index contributed by atoms with van der Waals surface area (Å²) in [6.45, 7) is 4.67. The third-order valence-corrected chi connectivity index (χ3v) is 2.46. The fourth-order valence-electron chi connectivity index (χ4n) is 1.62. The van der Waals surface area contributed by atoms with E-state index in [0.29, 0.717) is 6.54 Å². The highest BCUT2D eigenvalue weighted by Gasteiger charge is 2.03. The lowest BCUT2D eigenvalue weighted by Crippen LogP contribution is -2.06. The average Bonchev–Trinajstić information content (AvgIpc) is 2.63. The van der Waals surface area contributed by atoms with Crippen LogP contribution >= 0.6 is 0 Å². The maximum absolute atomic E-state index is 5.22. The summed E-state index contributed by atoms with van der Waals surface area (Å²) in [4.78, 5) is 4.46. The molecule has 0 amide bonds. The molecule has 0 N–H and O–H groups in total. The van der Waals surface area contributed by atoms with Crippen LogP contribution < -0.4 is 4.74 Å². The highest BCUT2D eigenvalue weighted by atomic mass is 16.5. The molecule has 0 radical (unpaired) electrons. The van der Waals surface area contributed by atoms with Crippen LogP contribution in [0.25, 0.3) is 0 Å². The van der Waals surface area contributed by atoms with Crippen LogP contribution in [0.4, 0.5) is 0 Å². The fraction of sp³-hybridized carbons (Fsp3) is 0.333. The van der Waals surface area contributed by atoms with Crippen molar-refractivity contribution < 1.29 is 4.74 Å². The van der Waals surface area contributed by atoms with Crippen molar-refractivity contribution in [3.63, 3.8) is 0 Å². The molecule has 2 heterocycles. The Hall–Kier alpha value is -1.84. The van der Waals surface area contributed by atoms with Crippen LogP contribution in [0.1, 0.15) is 17.1 Å². The zero-order valence-corrected chi connectivity index (χ0v) is 9.77. The third-order valence-electron chi connectivity index (χ3n) is 2.46. The zero-order valence-electron chi connectivity index (χ0n) is 9.77. The lowest BCUT2D eigenvalue weighted by molar-refractivity contribution is 0.412. The highest BCUT2D eigenvalue weighted by Crippen LogP contribution is 2.14. The second-order valence-corrected chi connectivity index (χ2v) is 3.77. The molecule has 0 saturated heterocycles. The lowest BCUT2D eigenvalue weighted by atomic mass is 10.3. The summed E-state index contributed by atoms with van der Waals surface area (Å²) in [7, 11) is 1.66. The normalized spacial score (nSPS) is 10.4. The summed E-state index contributed by atoms with van der Waals surface area (Å²) in [5.41, 5.74) is 3.05. The molecule has 0 aromatic carbocycles. The van der Waals surface area contributed by atoms with E-state index in [4.69, 9.17) is 4.74 Å². The molecule has 84 valence electrons. The Labute approximate surface area is 94.9 Å². The fourth-order valence-corrected chi connectivity index (χ4v) is 1.62. The molecule has 2 aromatic rings. The van der Waals surface area contributed by atoms with Crippen LogP contribution in [0.15, 0.2) is 24.4 Å². The summed E-state index contributed by atoms with van der Waals surface area (Å²) in [6, 6.07) is 5.83. The van der Waals surface area contributed by atoms with Gasteiger partial charge in [0, 0.05) is 29.7 Å². The van der Waals surface area contributed by atoms with Gasteiger partial charge in [-0.15, -0.1) is 0 Å². The van der Waals surface area contributed by atoms with Gasteiger partial charge in [-0.05, 0) is 19.9 Å². The van der Waals surface area contributed by atoms with Crippen LogP contribution in [-0.2, 0) is 6.54 Å². The van der Waals surface area contributed by atoms with Gasteiger partial charge < -0.3 is 4.74 Å². The molecule has 0 aliphatic heterocycles. The molecular weight excluding hydrogens is 202 g/mol. The summed E-state index contributed by atoms with van der Waals surface area (Å²) in [5, 5.41) is 4.23. The largest absolute Gasteiger partial charge is 0.497 e. The van der Waals surface area contributed by atoms with Gasteiger partial charge in [0.05, 0.1) is 19.3 Å². The number of hydrogen-bond donors (Lipinski definition) is 0. The van der Waals surface area contributed by atoms with Crippen molar-refractivity contribution in [2.75, 3.05) is 7.11 Å². The standard InChI is InChI=1S/C12H15N3O/c1-9-6-12(16-3)7-11(14-9)8-15-10(2)4-5-13-15/h4-7H,8H2,1-3H3. The summed E-state index contributed by atoms with van der Waals surface area (Å²) in [6.07, 6.45) is 1.79. The smallest absolute Gasteiger partial charge is 0.122 e. The summed E-state index contributed by atoms with van der Waals surface area (Å²) >= 11 is 0. The molecule has 2 aromatic heterocycles. The second kappa shape index (κ2) is 4.35. The average molecular weight is 217 g/mol. The van der Waals surface area contributed by atoms with E-state index in [0.717, 1.165) is 22.8 Å². The first kappa shape index (κ1) is 10.7. The number of nitrogens with zero attached hydrogens (tertiary/aromatic N) is 3. The van der Waals surface area contributed by atoms with Gasteiger partial charge in [0.2, 0.25) is 0 Å². The van der Waals surface area contributed by atoms with Crippen LogP contribution in [-0.4, -0.2) is 21.9 Å². The number of aryl methyl sites for hydroxylation is 2.